The Morgan fingerprint density at radius 2 is 2.04 bits per heavy atom. The number of carbonyl (C=O) groups excluding carboxylic acids is 1. The monoisotopic (exact) mass is 340 g/mol. The van der Waals surface area contributed by atoms with Crippen molar-refractivity contribution in [3.05, 3.63) is 58.6 Å². The number of nitrogens with zero attached hydrogens (tertiary/aromatic N) is 3. The third-order valence-electron chi connectivity index (χ3n) is 3.31. The second-order valence-electron chi connectivity index (χ2n) is 5.00. The van der Waals surface area contributed by atoms with Gasteiger partial charge in [-0.15, -0.1) is 10.2 Å². The number of H-pyrrole nitrogens is 1. The second kappa shape index (κ2) is 6.79. The number of hydrogen-bond acceptors (Lipinski definition) is 6. The molecule has 0 unspecified atom stereocenters. The van der Waals surface area contributed by atoms with Crippen molar-refractivity contribution in [3.8, 4) is 11.6 Å². The summed E-state index contributed by atoms with van der Waals surface area (Å²) in [5, 5.41) is 28.4. The van der Waals surface area contributed by atoms with E-state index in [0.29, 0.717) is 10.9 Å². The molecule has 3 rings (SSSR count). The average Bonchev–Trinajstić information content (AvgIpc) is 2.93. The van der Waals surface area contributed by atoms with E-state index in [4.69, 9.17) is 4.74 Å². The number of non-ortho nitro benzene ring substituents is 1. The summed E-state index contributed by atoms with van der Waals surface area (Å²) in [6, 6.07) is 12.5. The summed E-state index contributed by atoms with van der Waals surface area (Å²) in [5.74, 6) is -0.721. The van der Waals surface area contributed by atoms with Crippen molar-refractivity contribution in [1.29, 1.82) is 0 Å². The summed E-state index contributed by atoms with van der Waals surface area (Å²) >= 11 is 0. The molecule has 0 atom stereocenters. The van der Waals surface area contributed by atoms with E-state index >= 15 is 0 Å². The van der Waals surface area contributed by atoms with E-state index in [1.54, 1.807) is 24.3 Å². The predicted molar refractivity (Wildman–Crippen MR) is 88.1 cm³/mol. The largest absolute Gasteiger partial charge is 0.493 e. The minimum atomic E-state index is -0.698. The molecule has 1 amide bonds. The molecular formula is C16H12N4O5. The lowest BCUT2D eigenvalue weighted by atomic mass is 10.2. The molecule has 2 aromatic carbocycles. The summed E-state index contributed by atoms with van der Waals surface area (Å²) < 4.78 is 5.17. The Morgan fingerprint density at radius 1 is 1.24 bits per heavy atom. The van der Waals surface area contributed by atoms with Crippen LogP contribution < -0.4 is 4.74 Å². The summed E-state index contributed by atoms with van der Waals surface area (Å²) in [6.45, 7) is -0.437. The van der Waals surface area contributed by atoms with Crippen LogP contribution in [0, 0.1) is 10.1 Å². The highest BCUT2D eigenvalue weighted by atomic mass is 16.6. The number of para-hydroxylation sites is 1. The van der Waals surface area contributed by atoms with Crippen molar-refractivity contribution in [3.63, 3.8) is 0 Å². The molecule has 1 heterocycles. The maximum absolute atomic E-state index is 11.8. The number of rotatable bonds is 5. The van der Waals surface area contributed by atoms with Gasteiger partial charge in [-0.1, -0.05) is 24.3 Å². The van der Waals surface area contributed by atoms with Gasteiger partial charge in [-0.2, -0.15) is 0 Å². The van der Waals surface area contributed by atoms with E-state index in [0.717, 1.165) is 0 Å². The fraction of sp³-hybridized carbons (Fsp3) is 0.0625. The lowest BCUT2D eigenvalue weighted by Gasteiger charge is -2.02. The molecule has 0 fully saturated rings. The van der Waals surface area contributed by atoms with Crippen LogP contribution in [-0.4, -0.2) is 27.5 Å². The maximum atomic E-state index is 11.8. The van der Waals surface area contributed by atoms with Crippen molar-refractivity contribution < 1.29 is 19.6 Å². The van der Waals surface area contributed by atoms with E-state index in [9.17, 15) is 20.0 Å². The quantitative estimate of drug-likeness (QED) is 0.417. The first kappa shape index (κ1) is 16.1. The van der Waals surface area contributed by atoms with E-state index < -0.39 is 17.4 Å². The fourth-order valence-electron chi connectivity index (χ4n) is 2.18. The van der Waals surface area contributed by atoms with Crippen LogP contribution in [0.2, 0.25) is 0 Å². The zero-order chi connectivity index (χ0) is 17.8. The Bertz CT molecular complexity index is 980. The van der Waals surface area contributed by atoms with E-state index in [-0.39, 0.29) is 23.0 Å². The predicted octanol–water partition coefficient (Wildman–Crippen LogP) is 3.47. The second-order valence-corrected chi connectivity index (χ2v) is 5.00. The molecule has 0 saturated carbocycles. The van der Waals surface area contributed by atoms with Gasteiger partial charge in [-0.25, -0.2) is 0 Å². The Labute approximate surface area is 140 Å². The van der Waals surface area contributed by atoms with Crippen LogP contribution in [0.5, 0.6) is 11.6 Å². The molecule has 3 aromatic rings. The van der Waals surface area contributed by atoms with E-state index in [1.165, 1.54) is 24.3 Å². The number of carbonyl (C=O) groups is 1. The van der Waals surface area contributed by atoms with Gasteiger partial charge < -0.3 is 14.8 Å². The molecule has 25 heavy (non-hydrogen) atoms. The molecule has 9 nitrogen and oxygen atoms in total. The smallest absolute Gasteiger partial charge is 0.302 e. The van der Waals surface area contributed by atoms with Crippen LogP contribution in [0.3, 0.4) is 0 Å². The zero-order valence-electron chi connectivity index (χ0n) is 12.7. The summed E-state index contributed by atoms with van der Waals surface area (Å²) in [6.07, 6.45) is 0. The third kappa shape index (κ3) is 3.61. The van der Waals surface area contributed by atoms with Gasteiger partial charge in [0.05, 0.1) is 16.5 Å². The summed E-state index contributed by atoms with van der Waals surface area (Å²) in [4.78, 5) is 24.6. The number of nitrogens with one attached hydrogen (secondary N) is 1. The number of benzene rings is 2. The molecule has 0 aliphatic rings. The molecule has 0 aliphatic heterocycles. The Morgan fingerprint density at radius 3 is 2.84 bits per heavy atom. The van der Waals surface area contributed by atoms with E-state index in [1.807, 2.05) is 0 Å². The van der Waals surface area contributed by atoms with Crippen LogP contribution >= 0.6 is 0 Å². The lowest BCUT2D eigenvalue weighted by molar-refractivity contribution is -0.384. The Balaban J connectivity index is 1.68. The van der Waals surface area contributed by atoms with Gasteiger partial charge in [0.1, 0.15) is 5.75 Å². The molecule has 1 aromatic heterocycles. The highest BCUT2D eigenvalue weighted by Gasteiger charge is 2.11. The lowest BCUT2D eigenvalue weighted by Crippen LogP contribution is -2.07. The highest BCUT2D eigenvalue weighted by Crippen LogP contribution is 2.35. The first-order valence-corrected chi connectivity index (χ1v) is 7.16. The number of aromatic nitrogens is 1. The van der Waals surface area contributed by atoms with Gasteiger partial charge in [0, 0.05) is 11.5 Å². The number of azo groups is 1. The summed E-state index contributed by atoms with van der Waals surface area (Å²) in [5.41, 5.74) is 0.670. The molecule has 9 heteroatoms. The van der Waals surface area contributed by atoms with Crippen molar-refractivity contribution in [2.45, 2.75) is 0 Å². The number of hydrogen-bond donors (Lipinski definition) is 2. The molecule has 126 valence electrons. The Hall–Kier alpha value is -3.75. The van der Waals surface area contributed by atoms with Gasteiger partial charge >= 0.3 is 5.91 Å². The van der Waals surface area contributed by atoms with Gasteiger partial charge in [0.2, 0.25) is 5.88 Å². The fourth-order valence-corrected chi connectivity index (χ4v) is 2.18. The van der Waals surface area contributed by atoms with E-state index in [2.05, 4.69) is 15.2 Å². The zero-order valence-corrected chi connectivity index (χ0v) is 12.7. The molecule has 0 aliphatic carbocycles. The number of ether oxygens (including phenoxy) is 1. The average molecular weight is 340 g/mol. The normalized spacial score (nSPS) is 11.0. The molecule has 0 bridgehead atoms. The maximum Gasteiger partial charge on any atom is 0.302 e. The van der Waals surface area contributed by atoms with Crippen molar-refractivity contribution in [1.82, 2.24) is 4.98 Å². The first-order chi connectivity index (χ1) is 12.0. The number of aromatic amines is 1. The van der Waals surface area contributed by atoms with Gasteiger partial charge in [0.25, 0.3) is 5.69 Å². The number of fused-ring (bicyclic) bond motifs is 1. The van der Waals surface area contributed by atoms with Crippen molar-refractivity contribution in [2.24, 2.45) is 10.2 Å². The van der Waals surface area contributed by atoms with Crippen LogP contribution in [0.4, 0.5) is 11.4 Å². The molecular weight excluding hydrogens is 328 g/mol. The number of aromatic hydroxyl groups is 1. The number of nitro benzene ring substituents is 1. The van der Waals surface area contributed by atoms with Crippen LogP contribution in [0.15, 0.2) is 58.8 Å². The number of nitro groups is 1. The van der Waals surface area contributed by atoms with Gasteiger partial charge in [-0.05, 0) is 12.1 Å². The van der Waals surface area contributed by atoms with Crippen LogP contribution in [0.1, 0.15) is 0 Å². The van der Waals surface area contributed by atoms with Gasteiger partial charge in [0.15, 0.2) is 12.3 Å². The SMILES string of the molecule is O=C(COc1cccc([N+](=O)[O-])c1)N=Nc1c(O)[nH]c2ccccc12. The molecule has 0 saturated heterocycles. The number of amides is 1. The molecule has 0 radical (unpaired) electrons. The highest BCUT2D eigenvalue weighted by molar-refractivity contribution is 5.94. The first-order valence-electron chi connectivity index (χ1n) is 7.16. The molecule has 2 N–H and O–H groups in total. The summed E-state index contributed by atoms with van der Waals surface area (Å²) in [7, 11) is 0. The minimum Gasteiger partial charge on any atom is -0.493 e. The van der Waals surface area contributed by atoms with Gasteiger partial charge in [-0.3, -0.25) is 14.9 Å². The topological polar surface area (TPSA) is 130 Å². The minimum absolute atomic E-state index is 0.143. The Kier molecular flexibility index (Phi) is 4.38. The third-order valence-corrected chi connectivity index (χ3v) is 3.31. The van der Waals surface area contributed by atoms with Crippen LogP contribution in [-0.2, 0) is 4.79 Å². The van der Waals surface area contributed by atoms with Crippen LogP contribution in [0.25, 0.3) is 10.9 Å². The standard InChI is InChI=1S/C16H12N4O5/c21-14(9-25-11-5-3-4-10(8-11)20(23)24)18-19-15-12-6-1-2-7-13(12)17-16(15)22/h1-8,17,22H,9H2. The van der Waals surface area contributed by atoms with Crippen molar-refractivity contribution in [2.75, 3.05) is 6.61 Å². The molecule has 0 spiro atoms. The van der Waals surface area contributed by atoms with Crippen molar-refractivity contribution >= 4 is 28.2 Å².